The van der Waals surface area contributed by atoms with Crippen molar-refractivity contribution in [3.8, 4) is 0 Å². The predicted octanol–water partition coefficient (Wildman–Crippen LogP) is 4.28. The predicted molar refractivity (Wildman–Crippen MR) is 136 cm³/mol. The van der Waals surface area contributed by atoms with E-state index in [-0.39, 0.29) is 5.91 Å². The number of fused-ring (bicyclic) bond motifs is 1. The minimum Gasteiger partial charge on any atom is -0.343 e. The third kappa shape index (κ3) is 7.41. The fourth-order valence-electron chi connectivity index (χ4n) is 3.01. The lowest BCUT2D eigenvalue weighted by Crippen LogP contribution is -2.31. The Morgan fingerprint density at radius 2 is 1.85 bits per heavy atom. The van der Waals surface area contributed by atoms with E-state index in [0.29, 0.717) is 24.5 Å². The van der Waals surface area contributed by atoms with Gasteiger partial charge in [0.2, 0.25) is 11.8 Å². The van der Waals surface area contributed by atoms with Gasteiger partial charge in [-0.1, -0.05) is 42.1 Å². The van der Waals surface area contributed by atoms with Gasteiger partial charge >= 0.3 is 0 Å². The third-order valence-corrected chi connectivity index (χ3v) is 8.05. The second-order valence-corrected chi connectivity index (χ2v) is 11.2. The van der Waals surface area contributed by atoms with E-state index >= 15 is 0 Å². The van der Waals surface area contributed by atoms with Gasteiger partial charge in [-0.3, -0.25) is 9.59 Å². The smallest absolute Gasteiger partial charge is 0.239 e. The second kappa shape index (κ2) is 11.4. The van der Waals surface area contributed by atoms with Crippen LogP contribution < -0.4 is 5.32 Å². The van der Waals surface area contributed by atoms with Crippen LogP contribution in [0.4, 0.5) is 5.69 Å². The first-order valence-electron chi connectivity index (χ1n) is 10.4. The molecule has 7 nitrogen and oxygen atoms in total. The molecule has 0 unspecified atom stereocenters. The van der Waals surface area contributed by atoms with Crippen LogP contribution in [-0.2, 0) is 19.4 Å². The number of aromatic nitrogens is 1. The van der Waals surface area contributed by atoms with E-state index < -0.39 is 21.5 Å². The minimum atomic E-state index is -3.71. The molecular weight excluding hydrogens is 478 g/mol. The van der Waals surface area contributed by atoms with Crippen LogP contribution in [0, 0.1) is 0 Å². The van der Waals surface area contributed by atoms with E-state index in [4.69, 9.17) is 0 Å². The summed E-state index contributed by atoms with van der Waals surface area (Å²) in [4.78, 5) is 30.8. The summed E-state index contributed by atoms with van der Waals surface area (Å²) in [5, 5.41) is 3.69. The highest BCUT2D eigenvalue weighted by atomic mass is 32.2. The van der Waals surface area contributed by atoms with E-state index in [1.165, 1.54) is 29.2 Å². The quantitative estimate of drug-likeness (QED) is 0.415. The molecule has 1 heterocycles. The summed E-state index contributed by atoms with van der Waals surface area (Å²) in [5.74, 6) is -0.874. The van der Waals surface area contributed by atoms with Crippen LogP contribution in [0.3, 0.4) is 0 Å². The van der Waals surface area contributed by atoms with Gasteiger partial charge in [0.1, 0.15) is 5.75 Å². The highest BCUT2D eigenvalue weighted by molar-refractivity contribution is 8.01. The van der Waals surface area contributed by atoms with Crippen LogP contribution in [-0.4, -0.2) is 54.7 Å². The van der Waals surface area contributed by atoms with Gasteiger partial charge in [-0.15, -0.1) is 11.3 Å². The summed E-state index contributed by atoms with van der Waals surface area (Å²) in [6.45, 7) is 5.25. The van der Waals surface area contributed by atoms with Gasteiger partial charge in [0.15, 0.2) is 14.2 Å². The number of amides is 2. The normalized spacial score (nSPS) is 11.7. The van der Waals surface area contributed by atoms with E-state index in [1.807, 2.05) is 19.9 Å². The molecule has 1 aromatic heterocycles. The zero-order valence-corrected chi connectivity index (χ0v) is 20.8. The topological polar surface area (TPSA) is 96.4 Å². The highest BCUT2D eigenvalue weighted by Gasteiger charge is 2.15. The maximum absolute atomic E-state index is 12.3. The molecule has 0 spiro atoms. The fraction of sp³-hybridized carbons (Fsp3) is 0.261. The largest absolute Gasteiger partial charge is 0.343 e. The zero-order chi connectivity index (χ0) is 23.8. The zero-order valence-electron chi connectivity index (χ0n) is 18.4. The Bertz CT molecular complexity index is 1250. The molecule has 0 atom stereocenters. The Morgan fingerprint density at radius 1 is 1.12 bits per heavy atom. The monoisotopic (exact) mass is 503 g/mol. The molecule has 2 amide bonds. The van der Waals surface area contributed by atoms with Crippen LogP contribution in [0.15, 0.2) is 58.3 Å². The van der Waals surface area contributed by atoms with Crippen LogP contribution in [0.1, 0.15) is 19.4 Å². The van der Waals surface area contributed by atoms with Crippen molar-refractivity contribution in [2.24, 2.45) is 0 Å². The average molecular weight is 504 g/mol. The molecule has 10 heteroatoms. The van der Waals surface area contributed by atoms with Crippen LogP contribution in [0.5, 0.6) is 0 Å². The molecule has 2 aromatic carbocycles. The van der Waals surface area contributed by atoms with Gasteiger partial charge in [-0.2, -0.15) is 0 Å². The number of rotatable bonds is 10. The maximum Gasteiger partial charge on any atom is 0.239 e. The first-order valence-corrected chi connectivity index (χ1v) is 13.9. The number of sulfone groups is 1. The molecule has 0 fully saturated rings. The molecule has 3 aromatic rings. The van der Waals surface area contributed by atoms with Crippen molar-refractivity contribution >= 4 is 66.7 Å². The van der Waals surface area contributed by atoms with Gasteiger partial charge in [0, 0.05) is 24.2 Å². The van der Waals surface area contributed by atoms with E-state index in [2.05, 4.69) is 10.3 Å². The van der Waals surface area contributed by atoms with Crippen molar-refractivity contribution in [3.63, 3.8) is 0 Å². The van der Waals surface area contributed by atoms with Gasteiger partial charge in [0.05, 0.1) is 16.0 Å². The number of carbonyl (C=O) groups excluding carboxylic acids is 2. The first kappa shape index (κ1) is 24.9. The molecule has 0 saturated carbocycles. The van der Waals surface area contributed by atoms with Crippen LogP contribution in [0.25, 0.3) is 16.3 Å². The average Bonchev–Trinajstić information content (AvgIpc) is 3.20. The highest BCUT2D eigenvalue weighted by Crippen LogP contribution is 2.31. The second-order valence-electron chi connectivity index (χ2n) is 7.09. The van der Waals surface area contributed by atoms with E-state index in [0.717, 1.165) is 25.5 Å². The Kier molecular flexibility index (Phi) is 8.65. The van der Waals surface area contributed by atoms with E-state index in [9.17, 15) is 18.0 Å². The van der Waals surface area contributed by atoms with Crippen molar-refractivity contribution in [1.29, 1.82) is 0 Å². The molecule has 33 heavy (non-hydrogen) atoms. The number of anilines is 1. The standard InChI is InChI=1S/C23H25N3O4S3/c1-3-26(4-2)22(28)15-31-23-25-19-11-10-18(14-20(19)32-23)24-21(27)16-33(29,30)13-12-17-8-6-5-7-9-17/h5-14H,3-4,15-16H2,1-2H3,(H,24,27). The number of hydrogen-bond donors (Lipinski definition) is 1. The number of thioether (sulfide) groups is 1. The van der Waals surface area contributed by atoms with Gasteiger partial charge in [0.25, 0.3) is 0 Å². The lowest BCUT2D eigenvalue weighted by atomic mass is 10.2. The summed E-state index contributed by atoms with van der Waals surface area (Å²) in [6, 6.07) is 14.2. The Balaban J connectivity index is 1.60. The summed E-state index contributed by atoms with van der Waals surface area (Å²) in [5.41, 5.74) is 1.99. The maximum atomic E-state index is 12.3. The van der Waals surface area contributed by atoms with Crippen LogP contribution in [0.2, 0.25) is 0 Å². The van der Waals surface area contributed by atoms with E-state index in [1.54, 1.807) is 47.4 Å². The Morgan fingerprint density at radius 3 is 2.55 bits per heavy atom. The number of carbonyl (C=O) groups is 2. The number of benzene rings is 2. The van der Waals surface area contributed by atoms with Crippen molar-refractivity contribution in [1.82, 2.24) is 9.88 Å². The van der Waals surface area contributed by atoms with Crippen LogP contribution >= 0.6 is 23.1 Å². The number of hydrogen-bond acceptors (Lipinski definition) is 7. The molecule has 0 saturated heterocycles. The van der Waals surface area contributed by atoms with Crippen molar-refractivity contribution in [3.05, 3.63) is 59.5 Å². The molecule has 0 bridgehead atoms. The molecule has 0 radical (unpaired) electrons. The Hall–Kier alpha value is -2.69. The number of nitrogens with zero attached hydrogens (tertiary/aromatic N) is 2. The van der Waals surface area contributed by atoms with Crippen molar-refractivity contribution in [2.75, 3.05) is 29.9 Å². The lowest BCUT2D eigenvalue weighted by Gasteiger charge is -2.17. The fourth-order valence-corrected chi connectivity index (χ4v) is 5.92. The molecule has 3 rings (SSSR count). The lowest BCUT2D eigenvalue weighted by molar-refractivity contribution is -0.128. The molecular formula is C23H25N3O4S3. The Labute approximate surface area is 201 Å². The summed E-state index contributed by atoms with van der Waals surface area (Å²) < 4.78 is 26.1. The van der Waals surface area contributed by atoms with Gasteiger partial charge in [-0.05, 0) is 43.7 Å². The molecule has 1 N–H and O–H groups in total. The molecule has 174 valence electrons. The summed E-state index contributed by atoms with van der Waals surface area (Å²) in [7, 11) is -3.71. The molecule has 0 aliphatic heterocycles. The van der Waals surface area contributed by atoms with Crippen molar-refractivity contribution in [2.45, 2.75) is 18.2 Å². The third-order valence-electron chi connectivity index (χ3n) is 4.69. The number of nitrogens with one attached hydrogen (secondary N) is 1. The van der Waals surface area contributed by atoms with Crippen molar-refractivity contribution < 1.29 is 18.0 Å². The number of thiazole rings is 1. The summed E-state index contributed by atoms with van der Waals surface area (Å²) >= 11 is 2.81. The van der Waals surface area contributed by atoms with Gasteiger partial charge in [-0.25, -0.2) is 13.4 Å². The summed E-state index contributed by atoms with van der Waals surface area (Å²) in [6.07, 6.45) is 1.47. The first-order chi connectivity index (χ1) is 15.8. The molecule has 0 aliphatic carbocycles. The SMILES string of the molecule is CCN(CC)C(=O)CSc1nc2ccc(NC(=O)CS(=O)(=O)C=Cc3ccccc3)cc2s1. The molecule has 0 aliphatic rings. The van der Waals surface area contributed by atoms with Gasteiger partial charge < -0.3 is 10.2 Å². The minimum absolute atomic E-state index is 0.0692.